The molecule has 11 heteroatoms. The molecule has 1 aromatic heterocycles. The van der Waals surface area contributed by atoms with Gasteiger partial charge >= 0.3 is 11.9 Å². The fourth-order valence-corrected chi connectivity index (χ4v) is 1.15. The minimum Gasteiger partial charge on any atom is -0.480 e. The van der Waals surface area contributed by atoms with Gasteiger partial charge in [-0.15, -0.1) is 0 Å². The summed E-state index contributed by atoms with van der Waals surface area (Å²) in [6.45, 7) is 0.978. The topological polar surface area (TPSA) is 230 Å². The van der Waals surface area contributed by atoms with Crippen molar-refractivity contribution in [1.29, 1.82) is 0 Å². The first-order valence-electron chi connectivity index (χ1n) is 4.70. The molecule has 1 atom stereocenters. The van der Waals surface area contributed by atoms with Gasteiger partial charge in [0, 0.05) is 6.42 Å². The number of hydrogen-bond donors (Lipinski definition) is 3. The first kappa shape index (κ1) is 22.9. The highest BCUT2D eigenvalue weighted by Gasteiger charge is 2.21. The van der Waals surface area contributed by atoms with E-state index in [0.717, 1.165) is 0 Å². The third-order valence-electron chi connectivity index (χ3n) is 2.02. The van der Waals surface area contributed by atoms with Gasteiger partial charge in [0.05, 0.1) is 5.56 Å². The molecule has 0 aromatic carbocycles. The number of nitrogens with zero attached hydrogens (tertiary/aromatic N) is 1. The molecule has 0 saturated carbocycles. The summed E-state index contributed by atoms with van der Waals surface area (Å²) in [6.07, 6.45) is -0.0420. The van der Waals surface area contributed by atoms with Crippen molar-refractivity contribution in [2.75, 3.05) is 6.61 Å². The van der Waals surface area contributed by atoms with Crippen LogP contribution < -0.4 is 10.5 Å². The first-order valence-corrected chi connectivity index (χ1v) is 4.70. The number of aliphatic carboxylic acids is 2. The highest BCUT2D eigenvalue weighted by molar-refractivity contribution is 5.73. The smallest absolute Gasteiger partial charge is 0.341 e. The molecule has 118 valence electrons. The molecule has 10 N–H and O–H groups in total. The molecule has 1 heterocycles. The lowest BCUT2D eigenvalue weighted by atomic mass is 10.1. The van der Waals surface area contributed by atoms with Crippen LogP contribution in [-0.4, -0.2) is 56.4 Å². The van der Waals surface area contributed by atoms with Crippen molar-refractivity contribution in [2.24, 2.45) is 5.73 Å². The second kappa shape index (κ2) is 9.69. The van der Waals surface area contributed by atoms with Crippen molar-refractivity contribution in [1.82, 2.24) is 5.16 Å². The second-order valence-electron chi connectivity index (χ2n) is 3.35. The van der Waals surface area contributed by atoms with Gasteiger partial charge in [-0.1, -0.05) is 0 Å². The van der Waals surface area contributed by atoms with Crippen LogP contribution in [0.15, 0.2) is 4.52 Å². The lowest BCUT2D eigenvalue weighted by Crippen LogP contribution is -2.32. The Hall–Kier alpha value is -2.21. The van der Waals surface area contributed by atoms with Crippen molar-refractivity contribution in [3.63, 3.8) is 0 Å². The van der Waals surface area contributed by atoms with Gasteiger partial charge in [0.2, 0.25) is 0 Å². The number of aromatic nitrogens is 1. The summed E-state index contributed by atoms with van der Waals surface area (Å²) < 4.78 is 9.64. The van der Waals surface area contributed by atoms with Crippen LogP contribution in [0.1, 0.15) is 11.3 Å². The summed E-state index contributed by atoms with van der Waals surface area (Å²) in [4.78, 5) is 20.9. The molecule has 0 radical (unpaired) electrons. The Morgan fingerprint density at radius 3 is 2.35 bits per heavy atom. The predicted octanol–water partition coefficient (Wildman–Crippen LogP) is -3.07. The van der Waals surface area contributed by atoms with E-state index >= 15 is 0 Å². The number of aryl methyl sites for hydroxylation is 1. The van der Waals surface area contributed by atoms with E-state index in [2.05, 4.69) is 5.16 Å². The third kappa shape index (κ3) is 6.10. The van der Waals surface area contributed by atoms with E-state index in [1.54, 1.807) is 6.92 Å². The quantitative estimate of drug-likeness (QED) is 0.486. The van der Waals surface area contributed by atoms with Gasteiger partial charge in [-0.25, -0.2) is 4.79 Å². The summed E-state index contributed by atoms with van der Waals surface area (Å²) in [5, 5.41) is 20.6. The van der Waals surface area contributed by atoms with Crippen LogP contribution in [-0.2, 0) is 16.0 Å². The van der Waals surface area contributed by atoms with Crippen molar-refractivity contribution in [2.45, 2.75) is 19.4 Å². The normalized spacial score (nSPS) is 10.3. The Morgan fingerprint density at radius 1 is 1.35 bits per heavy atom. The number of carboxylic acid groups (broad SMARTS) is 2. The van der Waals surface area contributed by atoms with E-state index in [1.807, 2.05) is 0 Å². The molecule has 0 amide bonds. The van der Waals surface area contributed by atoms with Gasteiger partial charge in [-0.2, -0.15) is 0 Å². The average molecular weight is 298 g/mol. The zero-order chi connectivity index (χ0) is 13.0. The van der Waals surface area contributed by atoms with E-state index in [4.69, 9.17) is 25.2 Å². The van der Waals surface area contributed by atoms with Crippen molar-refractivity contribution in [3.05, 3.63) is 11.3 Å². The zero-order valence-corrected chi connectivity index (χ0v) is 10.5. The number of nitrogens with two attached hydrogens (primary N) is 1. The SMILES string of the molecule is Cc1onc(OCC(=O)O)c1CC(N)C(=O)O.O.O.O. The van der Waals surface area contributed by atoms with Gasteiger partial charge in [0.15, 0.2) is 6.61 Å². The maximum atomic E-state index is 10.6. The molecular formula is C9H18N2O9. The molecule has 1 aromatic rings. The summed E-state index contributed by atoms with van der Waals surface area (Å²) in [5.74, 6) is -2.03. The largest absolute Gasteiger partial charge is 0.480 e. The van der Waals surface area contributed by atoms with Gasteiger partial charge < -0.3 is 41.6 Å². The Labute approximate surface area is 112 Å². The highest BCUT2D eigenvalue weighted by Crippen LogP contribution is 2.22. The maximum Gasteiger partial charge on any atom is 0.341 e. The van der Waals surface area contributed by atoms with Gasteiger partial charge in [-0.05, 0) is 12.1 Å². The highest BCUT2D eigenvalue weighted by atomic mass is 16.5. The number of carbonyl (C=O) groups is 2. The van der Waals surface area contributed by atoms with Gasteiger partial charge in [0.1, 0.15) is 11.8 Å². The maximum absolute atomic E-state index is 10.6. The molecule has 0 aliphatic carbocycles. The molecule has 0 aliphatic rings. The number of rotatable bonds is 6. The second-order valence-corrected chi connectivity index (χ2v) is 3.35. The molecular weight excluding hydrogens is 280 g/mol. The molecule has 0 fully saturated rings. The van der Waals surface area contributed by atoms with E-state index in [-0.39, 0.29) is 28.7 Å². The minimum atomic E-state index is -1.17. The Bertz CT molecular complexity index is 431. The summed E-state index contributed by atoms with van der Waals surface area (Å²) in [7, 11) is 0. The van der Waals surface area contributed by atoms with Crippen LogP contribution in [0.3, 0.4) is 0 Å². The Morgan fingerprint density at radius 2 is 1.90 bits per heavy atom. The zero-order valence-electron chi connectivity index (χ0n) is 10.5. The lowest BCUT2D eigenvalue weighted by molar-refractivity contribution is -0.140. The Balaban J connectivity index is -0.000000963. The van der Waals surface area contributed by atoms with E-state index in [0.29, 0.717) is 11.3 Å². The summed E-state index contributed by atoms with van der Waals surface area (Å²) in [6, 6.07) is -1.12. The predicted molar refractivity (Wildman–Crippen MR) is 64.5 cm³/mol. The standard InChI is InChI=1S/C9H12N2O6.3H2O/c1-4-5(2-6(10)9(14)15)8(11-17-4)16-3-7(12)13;;;/h6H,2-3,10H2,1H3,(H,12,13)(H,14,15);3*1H2. The van der Waals surface area contributed by atoms with Crippen molar-refractivity contribution in [3.8, 4) is 5.88 Å². The van der Waals surface area contributed by atoms with Crippen LogP contribution in [0.5, 0.6) is 5.88 Å². The Kier molecular flexibility index (Phi) is 11.1. The molecule has 0 spiro atoms. The summed E-state index contributed by atoms with van der Waals surface area (Å²) >= 11 is 0. The van der Waals surface area contributed by atoms with Gasteiger partial charge in [-0.3, -0.25) is 4.79 Å². The number of ether oxygens (including phenoxy) is 1. The van der Waals surface area contributed by atoms with Crippen molar-refractivity contribution >= 4 is 11.9 Å². The number of hydrogen-bond acceptors (Lipinski definition) is 6. The molecule has 0 bridgehead atoms. The van der Waals surface area contributed by atoms with E-state index in [9.17, 15) is 9.59 Å². The average Bonchev–Trinajstić information content (AvgIpc) is 2.57. The molecule has 11 nitrogen and oxygen atoms in total. The monoisotopic (exact) mass is 298 g/mol. The molecule has 1 rings (SSSR count). The summed E-state index contributed by atoms with van der Waals surface area (Å²) in [5.41, 5.74) is 5.72. The van der Waals surface area contributed by atoms with Crippen LogP contribution in [0, 0.1) is 6.92 Å². The van der Waals surface area contributed by atoms with Crippen LogP contribution >= 0.6 is 0 Å². The first-order chi connectivity index (χ1) is 7.91. The van der Waals surface area contributed by atoms with Crippen LogP contribution in [0.25, 0.3) is 0 Å². The van der Waals surface area contributed by atoms with Gasteiger partial charge in [0.25, 0.3) is 5.88 Å². The number of carboxylic acids is 2. The van der Waals surface area contributed by atoms with Crippen LogP contribution in [0.2, 0.25) is 0 Å². The lowest BCUT2D eigenvalue weighted by Gasteiger charge is -2.06. The van der Waals surface area contributed by atoms with E-state index < -0.39 is 24.6 Å². The third-order valence-corrected chi connectivity index (χ3v) is 2.02. The molecule has 0 saturated heterocycles. The van der Waals surface area contributed by atoms with Crippen molar-refractivity contribution < 1.29 is 45.5 Å². The fraction of sp³-hybridized carbons (Fsp3) is 0.444. The van der Waals surface area contributed by atoms with E-state index in [1.165, 1.54) is 0 Å². The molecule has 0 aliphatic heterocycles. The van der Waals surface area contributed by atoms with Crippen LogP contribution in [0.4, 0.5) is 0 Å². The minimum absolute atomic E-state index is 0. The fourth-order valence-electron chi connectivity index (χ4n) is 1.15. The molecule has 1 unspecified atom stereocenters. The molecule has 20 heavy (non-hydrogen) atoms.